The summed E-state index contributed by atoms with van der Waals surface area (Å²) in [4.78, 5) is 16.7. The molecule has 0 radical (unpaired) electrons. The molecule has 2 aliphatic rings. The number of fused-ring (bicyclic) bond motifs is 2. The number of halogens is 1. The van der Waals surface area contributed by atoms with Crippen molar-refractivity contribution in [2.24, 2.45) is 0 Å². The van der Waals surface area contributed by atoms with Crippen LogP contribution < -0.4 is 9.47 Å². The highest BCUT2D eigenvalue weighted by Gasteiger charge is 2.32. The number of hydrogen-bond acceptors (Lipinski definition) is 4. The number of amides is 1. The van der Waals surface area contributed by atoms with Crippen molar-refractivity contribution in [3.8, 4) is 11.5 Å². The number of rotatable bonds is 3. The van der Waals surface area contributed by atoms with Gasteiger partial charge in [0.2, 0.25) is 5.91 Å². The molecule has 5 rings (SSSR count). The number of hydrogen-bond donors (Lipinski definition) is 0. The Morgan fingerprint density at radius 1 is 1.14 bits per heavy atom. The van der Waals surface area contributed by atoms with Crippen LogP contribution in [0.4, 0.5) is 0 Å². The molecule has 3 heterocycles. The minimum absolute atomic E-state index is 0.0496. The maximum Gasteiger partial charge on any atom is 0.227 e. The molecule has 0 N–H and O–H groups in total. The van der Waals surface area contributed by atoms with E-state index in [2.05, 4.69) is 23.6 Å². The summed E-state index contributed by atoms with van der Waals surface area (Å²) < 4.78 is 11.3. The summed E-state index contributed by atoms with van der Waals surface area (Å²) in [6.07, 6.45) is 1.17. The molecule has 1 unspecified atom stereocenters. The van der Waals surface area contributed by atoms with Gasteiger partial charge in [-0.3, -0.25) is 4.79 Å². The highest BCUT2D eigenvalue weighted by molar-refractivity contribution is 7.10. The average Bonchev–Trinajstić information content (AvgIpc) is 3.22. The zero-order valence-electron chi connectivity index (χ0n) is 15.8. The van der Waals surface area contributed by atoms with Crippen LogP contribution in [-0.2, 0) is 17.6 Å². The molecule has 1 amide bonds. The first-order chi connectivity index (χ1) is 14.2. The first-order valence-electron chi connectivity index (χ1n) is 9.69. The number of nitrogens with zero attached hydrogens (tertiary/aromatic N) is 1. The van der Waals surface area contributed by atoms with E-state index in [4.69, 9.17) is 21.1 Å². The average molecular weight is 426 g/mol. The minimum Gasteiger partial charge on any atom is -0.486 e. The lowest BCUT2D eigenvalue weighted by molar-refractivity contribution is -0.132. The molecule has 0 saturated carbocycles. The van der Waals surface area contributed by atoms with Crippen molar-refractivity contribution >= 4 is 28.8 Å². The van der Waals surface area contributed by atoms with Crippen molar-refractivity contribution in [1.29, 1.82) is 0 Å². The van der Waals surface area contributed by atoms with Crippen LogP contribution in [0.1, 0.15) is 27.6 Å². The summed E-state index contributed by atoms with van der Waals surface area (Å²) in [6.45, 7) is 1.69. The highest BCUT2D eigenvalue weighted by Crippen LogP contribution is 2.40. The third-order valence-electron chi connectivity index (χ3n) is 5.41. The first kappa shape index (κ1) is 18.5. The molecule has 4 nitrogen and oxygen atoms in total. The van der Waals surface area contributed by atoms with E-state index < -0.39 is 0 Å². The molecule has 2 aliphatic heterocycles. The van der Waals surface area contributed by atoms with E-state index in [1.165, 1.54) is 10.4 Å². The summed E-state index contributed by atoms with van der Waals surface area (Å²) in [5.41, 5.74) is 3.22. The lowest BCUT2D eigenvalue weighted by Gasteiger charge is -2.36. The van der Waals surface area contributed by atoms with Gasteiger partial charge in [-0.05, 0) is 46.7 Å². The van der Waals surface area contributed by atoms with Gasteiger partial charge in [0.15, 0.2) is 11.5 Å². The molecule has 0 saturated heterocycles. The van der Waals surface area contributed by atoms with Gasteiger partial charge in [-0.25, -0.2) is 0 Å². The largest absolute Gasteiger partial charge is 0.486 e. The van der Waals surface area contributed by atoms with E-state index in [0.29, 0.717) is 36.3 Å². The van der Waals surface area contributed by atoms with E-state index in [9.17, 15) is 4.79 Å². The maximum absolute atomic E-state index is 13.4. The fourth-order valence-corrected chi connectivity index (χ4v) is 5.31. The van der Waals surface area contributed by atoms with Crippen LogP contribution in [0.5, 0.6) is 11.5 Å². The van der Waals surface area contributed by atoms with Gasteiger partial charge in [0, 0.05) is 11.4 Å². The van der Waals surface area contributed by atoms with E-state index >= 15 is 0 Å². The summed E-state index contributed by atoms with van der Waals surface area (Å²) in [5, 5.41) is 2.61. The fraction of sp³-hybridized carbons (Fsp3) is 0.261. The lowest BCUT2D eigenvalue weighted by Crippen LogP contribution is -2.40. The van der Waals surface area contributed by atoms with E-state index in [0.717, 1.165) is 17.5 Å². The predicted octanol–water partition coefficient (Wildman–Crippen LogP) is 4.89. The number of carbonyl (C=O) groups is 1. The van der Waals surface area contributed by atoms with E-state index in [-0.39, 0.29) is 18.4 Å². The van der Waals surface area contributed by atoms with Crippen LogP contribution in [0, 0.1) is 0 Å². The van der Waals surface area contributed by atoms with Crippen molar-refractivity contribution in [2.75, 3.05) is 19.8 Å². The Morgan fingerprint density at radius 3 is 2.83 bits per heavy atom. The zero-order valence-corrected chi connectivity index (χ0v) is 17.3. The Labute approximate surface area is 178 Å². The molecular weight excluding hydrogens is 406 g/mol. The highest BCUT2D eigenvalue weighted by atomic mass is 35.5. The van der Waals surface area contributed by atoms with Gasteiger partial charge < -0.3 is 14.4 Å². The molecule has 0 bridgehead atoms. The monoisotopic (exact) mass is 425 g/mol. The van der Waals surface area contributed by atoms with E-state index in [1.807, 2.05) is 35.2 Å². The maximum atomic E-state index is 13.4. The Hall–Kier alpha value is -2.50. The summed E-state index contributed by atoms with van der Waals surface area (Å²) >= 11 is 8.14. The Balaban J connectivity index is 1.45. The predicted molar refractivity (Wildman–Crippen MR) is 114 cm³/mol. The van der Waals surface area contributed by atoms with Crippen LogP contribution in [0.25, 0.3) is 0 Å². The number of benzene rings is 2. The molecule has 2 aromatic carbocycles. The lowest BCUT2D eigenvalue weighted by atomic mass is 9.92. The molecular formula is C23H20ClNO3S. The Kier molecular flexibility index (Phi) is 4.94. The van der Waals surface area contributed by atoms with Crippen LogP contribution in [0.3, 0.4) is 0 Å². The Bertz CT molecular complexity index is 1050. The van der Waals surface area contributed by atoms with Crippen LogP contribution in [0.2, 0.25) is 5.02 Å². The SMILES string of the molecule is O=C(Cc1cc(Cl)c2c(c1)OCCO2)N1CCc2sccc2C1c1ccccc1. The summed E-state index contributed by atoms with van der Waals surface area (Å²) in [6, 6.07) is 16.0. The normalized spacial score (nSPS) is 17.7. The van der Waals surface area contributed by atoms with Crippen molar-refractivity contribution in [2.45, 2.75) is 18.9 Å². The molecule has 3 aromatic rings. The molecule has 1 aromatic heterocycles. The van der Waals surface area contributed by atoms with E-state index in [1.54, 1.807) is 11.3 Å². The molecule has 0 aliphatic carbocycles. The third-order valence-corrected chi connectivity index (χ3v) is 6.69. The molecule has 0 spiro atoms. The summed E-state index contributed by atoms with van der Waals surface area (Å²) in [5.74, 6) is 1.27. The molecule has 29 heavy (non-hydrogen) atoms. The third kappa shape index (κ3) is 3.49. The smallest absolute Gasteiger partial charge is 0.227 e. The van der Waals surface area contributed by atoms with Crippen molar-refractivity contribution < 1.29 is 14.3 Å². The van der Waals surface area contributed by atoms with Gasteiger partial charge in [0.25, 0.3) is 0 Å². The van der Waals surface area contributed by atoms with Crippen LogP contribution in [-0.4, -0.2) is 30.6 Å². The molecule has 148 valence electrons. The van der Waals surface area contributed by atoms with Crippen LogP contribution in [0.15, 0.2) is 53.9 Å². The van der Waals surface area contributed by atoms with Crippen molar-refractivity contribution in [3.63, 3.8) is 0 Å². The second kappa shape index (κ2) is 7.73. The zero-order chi connectivity index (χ0) is 19.8. The standard InChI is InChI=1S/C23H20ClNO3S/c24-18-12-15(13-19-23(18)28-10-9-27-19)14-21(26)25-8-6-20-17(7-11-29-20)22(25)16-4-2-1-3-5-16/h1-5,7,11-13,22H,6,8-10,14H2. The second-order valence-electron chi connectivity index (χ2n) is 7.23. The van der Waals surface area contributed by atoms with Gasteiger partial charge in [-0.2, -0.15) is 0 Å². The summed E-state index contributed by atoms with van der Waals surface area (Å²) in [7, 11) is 0. The quantitative estimate of drug-likeness (QED) is 0.599. The number of carbonyl (C=O) groups excluding carboxylic acids is 1. The van der Waals surface area contributed by atoms with Crippen molar-refractivity contribution in [3.05, 3.63) is 80.5 Å². The van der Waals surface area contributed by atoms with Gasteiger partial charge in [-0.1, -0.05) is 41.9 Å². The molecule has 0 fully saturated rings. The number of thiophene rings is 1. The second-order valence-corrected chi connectivity index (χ2v) is 8.64. The number of ether oxygens (including phenoxy) is 2. The van der Waals surface area contributed by atoms with Gasteiger partial charge in [0.05, 0.1) is 17.5 Å². The first-order valence-corrected chi connectivity index (χ1v) is 10.9. The Morgan fingerprint density at radius 2 is 1.97 bits per heavy atom. The molecule has 1 atom stereocenters. The van der Waals surface area contributed by atoms with Crippen LogP contribution >= 0.6 is 22.9 Å². The van der Waals surface area contributed by atoms with Gasteiger partial charge in [-0.15, -0.1) is 11.3 Å². The van der Waals surface area contributed by atoms with Gasteiger partial charge >= 0.3 is 0 Å². The fourth-order valence-electron chi connectivity index (χ4n) is 4.12. The van der Waals surface area contributed by atoms with Crippen molar-refractivity contribution in [1.82, 2.24) is 4.90 Å². The minimum atomic E-state index is -0.0496. The molecule has 6 heteroatoms. The van der Waals surface area contributed by atoms with Gasteiger partial charge in [0.1, 0.15) is 13.2 Å². The topological polar surface area (TPSA) is 38.8 Å².